The average molecular weight is 298 g/mol. The van der Waals surface area contributed by atoms with Crippen LogP contribution in [0.15, 0.2) is 36.4 Å². The maximum absolute atomic E-state index is 12.7. The summed E-state index contributed by atoms with van der Waals surface area (Å²) in [6.07, 6.45) is -5.07. The first kappa shape index (κ1) is 15.0. The molecule has 1 unspecified atom stereocenters. The Morgan fingerprint density at radius 1 is 1.19 bits per heavy atom. The molecule has 0 fully saturated rings. The number of benzene rings is 1. The normalized spacial score (nSPS) is 12.8. The van der Waals surface area contributed by atoms with E-state index in [0.29, 0.717) is 0 Å². The van der Waals surface area contributed by atoms with Crippen LogP contribution in [0.2, 0.25) is 0 Å². The van der Waals surface area contributed by atoms with Gasteiger partial charge in [-0.3, -0.25) is 5.43 Å². The number of nitrogens with zero attached hydrogens (tertiary/aromatic N) is 2. The zero-order chi connectivity index (χ0) is 15.5. The van der Waals surface area contributed by atoms with Gasteiger partial charge in [0, 0.05) is 6.07 Å². The number of halogens is 3. The first-order valence-electron chi connectivity index (χ1n) is 6.04. The van der Waals surface area contributed by atoms with Crippen LogP contribution in [0.5, 0.6) is 5.88 Å². The molecule has 0 aliphatic heterocycles. The topological polar surface area (TPSA) is 73.1 Å². The van der Waals surface area contributed by atoms with E-state index in [9.17, 15) is 13.2 Å². The number of nitrogen functional groups attached to an aromatic ring is 1. The van der Waals surface area contributed by atoms with E-state index < -0.39 is 18.0 Å². The highest BCUT2D eigenvalue weighted by atomic mass is 19.4. The number of ether oxygens (including phenoxy) is 1. The number of hydrogen-bond donors (Lipinski definition) is 2. The highest BCUT2D eigenvalue weighted by Crippen LogP contribution is 2.31. The molecule has 1 aromatic carbocycles. The van der Waals surface area contributed by atoms with Gasteiger partial charge >= 0.3 is 6.18 Å². The fourth-order valence-electron chi connectivity index (χ4n) is 1.67. The highest BCUT2D eigenvalue weighted by molar-refractivity contribution is 5.31. The zero-order valence-electron chi connectivity index (χ0n) is 11.1. The van der Waals surface area contributed by atoms with Crippen molar-refractivity contribution in [1.29, 1.82) is 0 Å². The molecular weight excluding hydrogens is 285 g/mol. The second-order valence-electron chi connectivity index (χ2n) is 4.23. The molecule has 1 atom stereocenters. The lowest BCUT2D eigenvalue weighted by molar-refractivity contribution is -0.141. The molecule has 1 aromatic heterocycles. The van der Waals surface area contributed by atoms with Crippen molar-refractivity contribution >= 4 is 5.95 Å². The molecule has 0 saturated carbocycles. The van der Waals surface area contributed by atoms with Crippen molar-refractivity contribution in [3.63, 3.8) is 0 Å². The van der Waals surface area contributed by atoms with Crippen LogP contribution in [0, 0.1) is 0 Å². The molecular formula is C13H13F3N4O. The molecule has 8 heteroatoms. The van der Waals surface area contributed by atoms with Crippen molar-refractivity contribution in [1.82, 2.24) is 9.97 Å². The van der Waals surface area contributed by atoms with Gasteiger partial charge in [0.25, 0.3) is 0 Å². The number of nitrogens with two attached hydrogens (primary N) is 1. The van der Waals surface area contributed by atoms with Crippen LogP contribution in [0.3, 0.4) is 0 Å². The van der Waals surface area contributed by atoms with Gasteiger partial charge in [-0.25, -0.2) is 10.8 Å². The summed E-state index contributed by atoms with van der Waals surface area (Å²) in [6, 6.07) is 9.79. The predicted octanol–water partition coefficient (Wildman–Crippen LogP) is 2.92. The number of nitrogens with one attached hydrogen (secondary N) is 1. The Labute approximate surface area is 118 Å². The summed E-state index contributed by atoms with van der Waals surface area (Å²) in [5.41, 5.74) is 1.68. The van der Waals surface area contributed by atoms with Crippen molar-refractivity contribution in [2.24, 2.45) is 5.84 Å². The molecule has 5 nitrogen and oxygen atoms in total. The molecule has 0 amide bonds. The summed E-state index contributed by atoms with van der Waals surface area (Å²) in [5, 5.41) is 0. The van der Waals surface area contributed by atoms with E-state index in [0.717, 1.165) is 11.6 Å². The second kappa shape index (κ2) is 5.96. The van der Waals surface area contributed by atoms with Gasteiger partial charge in [0.1, 0.15) is 6.10 Å². The summed E-state index contributed by atoms with van der Waals surface area (Å²) in [7, 11) is 0. The third-order valence-electron chi connectivity index (χ3n) is 2.69. The lowest BCUT2D eigenvalue weighted by Gasteiger charge is -2.16. The van der Waals surface area contributed by atoms with Crippen LogP contribution in [0.1, 0.15) is 24.3 Å². The number of hydrazine groups is 1. The molecule has 0 saturated heterocycles. The fourth-order valence-corrected chi connectivity index (χ4v) is 1.67. The van der Waals surface area contributed by atoms with Gasteiger partial charge in [-0.05, 0) is 12.5 Å². The molecule has 0 aliphatic rings. The largest absolute Gasteiger partial charge is 0.470 e. The van der Waals surface area contributed by atoms with Crippen molar-refractivity contribution < 1.29 is 17.9 Å². The molecule has 0 spiro atoms. The van der Waals surface area contributed by atoms with E-state index in [2.05, 4.69) is 9.97 Å². The molecule has 0 bridgehead atoms. The standard InChI is InChI=1S/C13H13F3N4O/c1-8(9-5-3-2-4-6-9)21-11-7-10(13(14,15)16)18-12(19-11)20-17/h2-8H,17H2,1H3,(H,18,19,20). The summed E-state index contributed by atoms with van der Waals surface area (Å²) >= 11 is 0. The lowest BCUT2D eigenvalue weighted by atomic mass is 10.1. The molecule has 112 valence electrons. The van der Waals surface area contributed by atoms with E-state index in [4.69, 9.17) is 10.6 Å². The lowest BCUT2D eigenvalue weighted by Crippen LogP contribution is -2.16. The minimum atomic E-state index is -4.61. The maximum atomic E-state index is 12.7. The second-order valence-corrected chi connectivity index (χ2v) is 4.23. The van der Waals surface area contributed by atoms with Crippen LogP contribution >= 0.6 is 0 Å². The van der Waals surface area contributed by atoms with Crippen LogP contribution in [-0.4, -0.2) is 9.97 Å². The molecule has 2 aromatic rings. The van der Waals surface area contributed by atoms with E-state index in [1.54, 1.807) is 19.1 Å². The number of rotatable bonds is 4. The van der Waals surface area contributed by atoms with Gasteiger partial charge < -0.3 is 4.74 Å². The van der Waals surface area contributed by atoms with Crippen LogP contribution in [0.4, 0.5) is 19.1 Å². The molecule has 3 N–H and O–H groups in total. The van der Waals surface area contributed by atoms with Crippen molar-refractivity contribution in [3.8, 4) is 5.88 Å². The highest BCUT2D eigenvalue weighted by Gasteiger charge is 2.34. The summed E-state index contributed by atoms with van der Waals surface area (Å²) in [4.78, 5) is 7.01. The van der Waals surface area contributed by atoms with E-state index in [-0.39, 0.29) is 11.8 Å². The van der Waals surface area contributed by atoms with Gasteiger partial charge in [0.05, 0.1) is 0 Å². The maximum Gasteiger partial charge on any atom is 0.433 e. The quantitative estimate of drug-likeness (QED) is 0.670. The van der Waals surface area contributed by atoms with Crippen LogP contribution in [0.25, 0.3) is 0 Å². The van der Waals surface area contributed by atoms with Crippen molar-refractivity contribution in [2.45, 2.75) is 19.2 Å². The molecule has 2 rings (SSSR count). The van der Waals surface area contributed by atoms with Crippen molar-refractivity contribution in [3.05, 3.63) is 47.7 Å². The van der Waals surface area contributed by atoms with Gasteiger partial charge in [-0.15, -0.1) is 0 Å². The fraction of sp³-hybridized carbons (Fsp3) is 0.231. The van der Waals surface area contributed by atoms with E-state index in [1.165, 1.54) is 0 Å². The van der Waals surface area contributed by atoms with Crippen molar-refractivity contribution in [2.75, 3.05) is 5.43 Å². The zero-order valence-corrected chi connectivity index (χ0v) is 11.1. The van der Waals surface area contributed by atoms with Gasteiger partial charge in [-0.1, -0.05) is 30.3 Å². The number of aromatic nitrogens is 2. The Kier molecular flexibility index (Phi) is 4.27. The minimum Gasteiger partial charge on any atom is -0.470 e. The molecule has 0 aliphatic carbocycles. The van der Waals surface area contributed by atoms with E-state index >= 15 is 0 Å². The first-order valence-corrected chi connectivity index (χ1v) is 6.04. The Balaban J connectivity index is 2.27. The average Bonchev–Trinajstić information content (AvgIpc) is 2.46. The smallest absolute Gasteiger partial charge is 0.433 e. The third kappa shape index (κ3) is 3.82. The first-order chi connectivity index (χ1) is 9.90. The van der Waals surface area contributed by atoms with Gasteiger partial charge in [-0.2, -0.15) is 18.2 Å². The van der Waals surface area contributed by atoms with Crippen LogP contribution in [-0.2, 0) is 6.18 Å². The number of alkyl halides is 3. The van der Waals surface area contributed by atoms with Gasteiger partial charge in [0.15, 0.2) is 5.69 Å². The Morgan fingerprint density at radius 3 is 2.43 bits per heavy atom. The molecule has 21 heavy (non-hydrogen) atoms. The monoisotopic (exact) mass is 298 g/mol. The summed E-state index contributed by atoms with van der Waals surface area (Å²) in [5.74, 6) is 4.51. The number of anilines is 1. The van der Waals surface area contributed by atoms with Gasteiger partial charge in [0.2, 0.25) is 11.8 Å². The summed E-state index contributed by atoms with van der Waals surface area (Å²) < 4.78 is 43.6. The Bertz CT molecular complexity index is 604. The molecule has 1 heterocycles. The Hall–Kier alpha value is -2.35. The third-order valence-corrected chi connectivity index (χ3v) is 2.69. The minimum absolute atomic E-state index is 0.207. The summed E-state index contributed by atoms with van der Waals surface area (Å²) in [6.45, 7) is 1.71. The van der Waals surface area contributed by atoms with Crippen LogP contribution < -0.4 is 16.0 Å². The predicted molar refractivity (Wildman–Crippen MR) is 70.3 cm³/mol. The molecule has 0 radical (unpaired) electrons. The Morgan fingerprint density at radius 2 is 1.86 bits per heavy atom. The number of hydrogen-bond acceptors (Lipinski definition) is 5. The van der Waals surface area contributed by atoms with E-state index in [1.807, 2.05) is 23.6 Å². The SMILES string of the molecule is CC(Oc1cc(C(F)(F)F)nc(NN)n1)c1ccccc1.